The molecule has 0 fully saturated rings. The lowest BCUT2D eigenvalue weighted by molar-refractivity contribution is -0.616. The van der Waals surface area contributed by atoms with Crippen molar-refractivity contribution in [2.24, 2.45) is 7.05 Å². The molecular weight excluding hydrogens is 264 g/mol. The van der Waals surface area contributed by atoms with E-state index in [1.807, 2.05) is 18.2 Å². The fourth-order valence-corrected chi connectivity index (χ4v) is 3.99. The summed E-state index contributed by atoms with van der Waals surface area (Å²) in [5.41, 5.74) is 3.13. The molecule has 3 heteroatoms. The van der Waals surface area contributed by atoms with Gasteiger partial charge in [-0.05, 0) is 30.3 Å². The SMILES string of the molecule is C[n+]1c2ccc(C#N)cc2cc2sc3ccccc3c21. The molecule has 0 spiro atoms. The second-order valence-corrected chi connectivity index (χ2v) is 5.98. The number of nitrogens with zero attached hydrogens (tertiary/aromatic N) is 2. The molecule has 4 rings (SSSR count). The van der Waals surface area contributed by atoms with E-state index in [0.717, 1.165) is 10.9 Å². The zero-order chi connectivity index (χ0) is 13.7. The van der Waals surface area contributed by atoms with Gasteiger partial charge in [-0.2, -0.15) is 9.83 Å². The van der Waals surface area contributed by atoms with Crippen molar-refractivity contribution in [1.29, 1.82) is 5.26 Å². The molecule has 94 valence electrons. The van der Waals surface area contributed by atoms with Crippen LogP contribution in [0.2, 0.25) is 0 Å². The summed E-state index contributed by atoms with van der Waals surface area (Å²) in [4.78, 5) is 0. The minimum absolute atomic E-state index is 0.706. The van der Waals surface area contributed by atoms with Gasteiger partial charge in [0.2, 0.25) is 11.0 Å². The lowest BCUT2D eigenvalue weighted by Crippen LogP contribution is -2.29. The molecule has 0 radical (unpaired) electrons. The highest BCUT2D eigenvalue weighted by atomic mass is 32.1. The molecule has 2 nitrogen and oxygen atoms in total. The molecule has 0 saturated heterocycles. The van der Waals surface area contributed by atoms with Crippen LogP contribution >= 0.6 is 11.3 Å². The number of nitriles is 1. The first-order valence-corrected chi connectivity index (χ1v) is 7.24. The summed E-state index contributed by atoms with van der Waals surface area (Å²) in [7, 11) is 2.09. The summed E-state index contributed by atoms with van der Waals surface area (Å²) in [6, 6.07) is 18.7. The number of rotatable bonds is 0. The Labute approximate surface area is 120 Å². The van der Waals surface area contributed by atoms with Crippen LogP contribution in [0.5, 0.6) is 0 Å². The van der Waals surface area contributed by atoms with Crippen LogP contribution in [0.15, 0.2) is 48.5 Å². The Morgan fingerprint density at radius 1 is 1.05 bits per heavy atom. The molecule has 0 saturated carbocycles. The number of pyridine rings is 1. The molecule has 0 N–H and O–H groups in total. The van der Waals surface area contributed by atoms with Gasteiger partial charge in [-0.3, -0.25) is 0 Å². The van der Waals surface area contributed by atoms with Gasteiger partial charge < -0.3 is 0 Å². The summed E-state index contributed by atoms with van der Waals surface area (Å²) in [6.45, 7) is 0. The van der Waals surface area contributed by atoms with Gasteiger partial charge in [0.05, 0.1) is 17.0 Å². The van der Waals surface area contributed by atoms with Crippen LogP contribution in [-0.2, 0) is 7.05 Å². The molecule has 0 aliphatic carbocycles. The highest BCUT2D eigenvalue weighted by molar-refractivity contribution is 7.25. The third kappa shape index (κ3) is 1.46. The molecule has 2 heterocycles. The number of thiophene rings is 1. The van der Waals surface area contributed by atoms with E-state index in [-0.39, 0.29) is 0 Å². The Bertz CT molecular complexity index is 1020. The van der Waals surface area contributed by atoms with E-state index in [1.54, 1.807) is 11.3 Å². The summed E-state index contributed by atoms with van der Waals surface area (Å²) >= 11 is 1.80. The number of hydrogen-bond donors (Lipinski definition) is 0. The van der Waals surface area contributed by atoms with Gasteiger partial charge >= 0.3 is 0 Å². The lowest BCUT2D eigenvalue weighted by Gasteiger charge is -1.99. The molecule has 0 amide bonds. The van der Waals surface area contributed by atoms with Gasteiger partial charge in [0.15, 0.2) is 0 Å². The smallest absolute Gasteiger partial charge is 0.193 e. The number of benzene rings is 2. The Balaban J connectivity index is 2.25. The van der Waals surface area contributed by atoms with Gasteiger partial charge in [0, 0.05) is 16.2 Å². The van der Waals surface area contributed by atoms with Gasteiger partial charge in [-0.15, -0.1) is 11.3 Å². The van der Waals surface area contributed by atoms with E-state index in [9.17, 15) is 0 Å². The molecule has 20 heavy (non-hydrogen) atoms. The van der Waals surface area contributed by atoms with E-state index in [4.69, 9.17) is 5.26 Å². The summed E-state index contributed by atoms with van der Waals surface area (Å²) < 4.78 is 4.79. The third-order valence-corrected chi connectivity index (χ3v) is 4.84. The van der Waals surface area contributed by atoms with Crippen LogP contribution in [-0.4, -0.2) is 0 Å². The maximum Gasteiger partial charge on any atom is 0.231 e. The van der Waals surface area contributed by atoms with E-state index >= 15 is 0 Å². The predicted molar refractivity (Wildman–Crippen MR) is 82.7 cm³/mol. The highest BCUT2D eigenvalue weighted by Crippen LogP contribution is 2.33. The topological polar surface area (TPSA) is 27.7 Å². The average molecular weight is 275 g/mol. The second kappa shape index (κ2) is 4.03. The molecule has 4 aromatic rings. The van der Waals surface area contributed by atoms with Crippen molar-refractivity contribution >= 4 is 42.5 Å². The van der Waals surface area contributed by atoms with Crippen LogP contribution in [0.25, 0.3) is 31.2 Å². The van der Waals surface area contributed by atoms with Crippen molar-refractivity contribution < 1.29 is 4.57 Å². The van der Waals surface area contributed by atoms with Crippen molar-refractivity contribution in [2.45, 2.75) is 0 Å². The second-order valence-electron chi connectivity index (χ2n) is 4.90. The molecule has 2 aromatic heterocycles. The van der Waals surface area contributed by atoms with Crippen LogP contribution in [0.1, 0.15) is 5.56 Å². The number of hydrogen-bond acceptors (Lipinski definition) is 2. The average Bonchev–Trinajstić information content (AvgIpc) is 2.85. The number of aryl methyl sites for hydroxylation is 1. The first-order chi connectivity index (χ1) is 9.78. The van der Waals surface area contributed by atoms with Crippen molar-refractivity contribution in [1.82, 2.24) is 0 Å². The molecule has 0 atom stereocenters. The van der Waals surface area contributed by atoms with Crippen LogP contribution < -0.4 is 4.57 Å². The van der Waals surface area contributed by atoms with E-state index in [2.05, 4.69) is 48.0 Å². The fraction of sp³-hybridized carbons (Fsp3) is 0.0588. The van der Waals surface area contributed by atoms with Gasteiger partial charge in [0.1, 0.15) is 11.7 Å². The zero-order valence-corrected chi connectivity index (χ0v) is 11.7. The van der Waals surface area contributed by atoms with Crippen LogP contribution in [0.3, 0.4) is 0 Å². The predicted octanol–water partition coefficient (Wildman–Crippen LogP) is 3.90. The number of aromatic nitrogens is 1. The normalized spacial score (nSPS) is 11.2. The van der Waals surface area contributed by atoms with Crippen molar-refractivity contribution in [3.05, 3.63) is 54.1 Å². The van der Waals surface area contributed by atoms with E-state index < -0.39 is 0 Å². The van der Waals surface area contributed by atoms with Crippen molar-refractivity contribution in [3.63, 3.8) is 0 Å². The van der Waals surface area contributed by atoms with Gasteiger partial charge in [-0.25, -0.2) is 0 Å². The Morgan fingerprint density at radius 3 is 2.75 bits per heavy atom. The fourth-order valence-electron chi connectivity index (χ4n) is 2.80. The highest BCUT2D eigenvalue weighted by Gasteiger charge is 2.17. The standard InChI is InChI=1S/C17H11N2S/c1-19-14-7-6-11(10-18)8-12(14)9-16-17(19)13-4-2-3-5-15(13)20-16/h2-9H,1H3/q+1. The summed E-state index contributed by atoms with van der Waals surface area (Å²) in [5, 5.41) is 11.4. The molecular formula is C17H11N2S+. The Kier molecular flexibility index (Phi) is 2.29. The molecule has 0 unspecified atom stereocenters. The third-order valence-electron chi connectivity index (χ3n) is 3.74. The van der Waals surface area contributed by atoms with Crippen molar-refractivity contribution in [3.8, 4) is 6.07 Å². The quantitative estimate of drug-likeness (QED) is 0.447. The first-order valence-electron chi connectivity index (χ1n) is 6.42. The molecule has 0 bridgehead atoms. The lowest BCUT2D eigenvalue weighted by atomic mass is 10.1. The summed E-state index contributed by atoms with van der Waals surface area (Å²) in [6.07, 6.45) is 0. The minimum Gasteiger partial charge on any atom is -0.193 e. The van der Waals surface area contributed by atoms with Gasteiger partial charge in [-0.1, -0.05) is 12.1 Å². The van der Waals surface area contributed by atoms with E-state index in [1.165, 1.54) is 20.3 Å². The largest absolute Gasteiger partial charge is 0.231 e. The van der Waals surface area contributed by atoms with Gasteiger partial charge in [0.25, 0.3) is 0 Å². The Hall–Kier alpha value is -2.44. The maximum absolute atomic E-state index is 9.04. The monoisotopic (exact) mass is 275 g/mol. The van der Waals surface area contributed by atoms with Crippen molar-refractivity contribution in [2.75, 3.05) is 0 Å². The van der Waals surface area contributed by atoms with Crippen LogP contribution in [0.4, 0.5) is 0 Å². The number of fused-ring (bicyclic) bond motifs is 4. The molecule has 0 aliphatic rings. The minimum atomic E-state index is 0.706. The van der Waals surface area contributed by atoms with Crippen LogP contribution in [0, 0.1) is 11.3 Å². The molecule has 2 aromatic carbocycles. The van der Waals surface area contributed by atoms with E-state index in [0.29, 0.717) is 5.56 Å². The maximum atomic E-state index is 9.04. The summed E-state index contributed by atoms with van der Waals surface area (Å²) in [5.74, 6) is 0. The molecule has 0 aliphatic heterocycles. The zero-order valence-electron chi connectivity index (χ0n) is 10.9. The Morgan fingerprint density at radius 2 is 1.90 bits per heavy atom. The first kappa shape index (κ1) is 11.4.